The molecule has 3 rings (SSSR count). The molecule has 0 bridgehead atoms. The molecule has 3 heterocycles. The van der Waals surface area contributed by atoms with Crippen LogP contribution < -0.4 is 0 Å². The topological polar surface area (TPSA) is 70.1 Å². The molecule has 0 spiro atoms. The highest BCUT2D eigenvalue weighted by molar-refractivity contribution is 7.08. The quantitative estimate of drug-likeness (QED) is 0.813. The fraction of sp³-hybridized carbons (Fsp3) is 0.647. The first-order chi connectivity index (χ1) is 12.7. The molecule has 0 aliphatic carbocycles. The molecule has 0 aromatic carbocycles. The van der Waals surface area contributed by atoms with Gasteiger partial charge in [0, 0.05) is 25.7 Å². The number of likely N-dealkylation sites (tertiary alicyclic amines) is 1. The molecule has 10 heteroatoms. The largest absolute Gasteiger partial charge is 0.490 e. The van der Waals surface area contributed by atoms with E-state index in [9.17, 15) is 18.0 Å². The second-order valence-electron chi connectivity index (χ2n) is 6.53. The van der Waals surface area contributed by atoms with Crippen molar-refractivity contribution in [3.05, 3.63) is 22.4 Å². The summed E-state index contributed by atoms with van der Waals surface area (Å²) in [6.07, 6.45) is -2.26. The summed E-state index contributed by atoms with van der Waals surface area (Å²) in [5, 5.41) is 11.2. The van der Waals surface area contributed by atoms with E-state index in [0.717, 1.165) is 44.6 Å². The van der Waals surface area contributed by atoms with Gasteiger partial charge in [0.25, 0.3) is 0 Å². The van der Waals surface area contributed by atoms with E-state index in [4.69, 9.17) is 14.6 Å². The van der Waals surface area contributed by atoms with Gasteiger partial charge in [0.15, 0.2) is 0 Å². The Kier molecular flexibility index (Phi) is 7.63. The Hall–Kier alpha value is -1.65. The molecule has 27 heavy (non-hydrogen) atoms. The summed E-state index contributed by atoms with van der Waals surface area (Å²) in [6, 6.07) is 2.51. The van der Waals surface area contributed by atoms with Crippen LogP contribution in [0, 0.1) is 0 Å². The predicted molar refractivity (Wildman–Crippen MR) is 93.7 cm³/mol. The predicted octanol–water partition coefficient (Wildman–Crippen LogP) is 2.25. The Morgan fingerprint density at radius 2 is 1.96 bits per heavy atom. The minimum atomic E-state index is -5.08. The first kappa shape index (κ1) is 21.6. The maximum atomic E-state index is 12.4. The van der Waals surface area contributed by atoms with Crippen LogP contribution in [0.15, 0.2) is 16.8 Å². The summed E-state index contributed by atoms with van der Waals surface area (Å²) in [7, 11) is 2.17. The van der Waals surface area contributed by atoms with E-state index in [1.165, 1.54) is 0 Å². The van der Waals surface area contributed by atoms with Crippen molar-refractivity contribution in [2.24, 2.45) is 0 Å². The van der Waals surface area contributed by atoms with Crippen molar-refractivity contribution < 1.29 is 32.6 Å². The number of thiophene rings is 1. The van der Waals surface area contributed by atoms with E-state index < -0.39 is 12.1 Å². The second kappa shape index (κ2) is 9.52. The number of nitrogens with zero attached hydrogens (tertiary/aromatic N) is 2. The number of hydrogen-bond acceptors (Lipinski definition) is 5. The maximum Gasteiger partial charge on any atom is 0.490 e. The van der Waals surface area contributed by atoms with E-state index in [1.807, 2.05) is 16.3 Å². The molecule has 152 valence electrons. The van der Waals surface area contributed by atoms with Gasteiger partial charge in [-0.3, -0.25) is 9.69 Å². The number of likely N-dealkylation sites (N-methyl/N-ethyl adjacent to an activating group) is 1. The summed E-state index contributed by atoms with van der Waals surface area (Å²) in [5.41, 5.74) is 1.13. The molecule has 6 nitrogen and oxygen atoms in total. The monoisotopic (exact) mass is 408 g/mol. The minimum Gasteiger partial charge on any atom is -0.475 e. The van der Waals surface area contributed by atoms with Gasteiger partial charge in [-0.15, -0.1) is 0 Å². The number of alkyl halides is 3. The number of ether oxygens (including phenoxy) is 1. The summed E-state index contributed by atoms with van der Waals surface area (Å²) in [5.74, 6) is -2.50. The Morgan fingerprint density at radius 1 is 1.30 bits per heavy atom. The van der Waals surface area contributed by atoms with E-state index in [0.29, 0.717) is 18.6 Å². The van der Waals surface area contributed by atoms with Crippen LogP contribution in [-0.4, -0.2) is 78.4 Å². The lowest BCUT2D eigenvalue weighted by Gasteiger charge is -2.37. The lowest BCUT2D eigenvalue weighted by molar-refractivity contribution is -0.192. The first-order valence-electron chi connectivity index (χ1n) is 8.59. The molecule has 1 amide bonds. The Balaban J connectivity index is 0.000000321. The number of carboxylic acids is 1. The summed E-state index contributed by atoms with van der Waals surface area (Å²) >= 11 is 1.65. The average Bonchev–Trinajstić information content (AvgIpc) is 2.99. The highest BCUT2D eigenvalue weighted by Gasteiger charge is 2.38. The Labute approximate surface area is 159 Å². The van der Waals surface area contributed by atoms with Gasteiger partial charge in [0.05, 0.1) is 19.1 Å². The number of morpholine rings is 1. The molecule has 2 aliphatic heterocycles. The first-order valence-corrected chi connectivity index (χ1v) is 9.53. The molecule has 1 aromatic heterocycles. The zero-order chi connectivity index (χ0) is 20.0. The number of hydrogen-bond donors (Lipinski definition) is 1. The van der Waals surface area contributed by atoms with Crippen molar-refractivity contribution in [1.82, 2.24) is 9.80 Å². The Morgan fingerprint density at radius 3 is 2.56 bits per heavy atom. The Bertz CT molecular complexity index is 624. The van der Waals surface area contributed by atoms with Crippen molar-refractivity contribution in [3.8, 4) is 0 Å². The van der Waals surface area contributed by atoms with E-state index in [-0.39, 0.29) is 5.91 Å². The van der Waals surface area contributed by atoms with Crippen LogP contribution in [0.3, 0.4) is 0 Å². The van der Waals surface area contributed by atoms with Crippen LogP contribution in [-0.2, 0) is 20.7 Å². The van der Waals surface area contributed by atoms with Gasteiger partial charge in [-0.1, -0.05) is 0 Å². The fourth-order valence-corrected chi connectivity index (χ4v) is 3.87. The average molecular weight is 408 g/mol. The molecule has 0 unspecified atom stereocenters. The minimum absolute atomic E-state index is 0.254. The van der Waals surface area contributed by atoms with Gasteiger partial charge in [0.1, 0.15) is 0 Å². The highest BCUT2D eigenvalue weighted by Crippen LogP contribution is 2.23. The van der Waals surface area contributed by atoms with Crippen molar-refractivity contribution in [1.29, 1.82) is 0 Å². The fourth-order valence-electron chi connectivity index (χ4n) is 3.20. The van der Waals surface area contributed by atoms with E-state index in [2.05, 4.69) is 17.3 Å². The molecule has 0 radical (unpaired) electrons. The third kappa shape index (κ3) is 6.47. The number of carbonyl (C=O) groups is 2. The number of aliphatic carboxylic acids is 1. The van der Waals surface area contributed by atoms with Crippen molar-refractivity contribution in [3.63, 3.8) is 0 Å². The smallest absolute Gasteiger partial charge is 0.475 e. The zero-order valence-electron chi connectivity index (χ0n) is 14.9. The number of amides is 1. The van der Waals surface area contributed by atoms with Gasteiger partial charge < -0.3 is 14.7 Å². The lowest BCUT2D eigenvalue weighted by atomic mass is 10.0. The molecular formula is C17H23F3N2O4S. The van der Waals surface area contributed by atoms with Crippen LogP contribution in [0.4, 0.5) is 13.2 Å². The third-order valence-corrected chi connectivity index (χ3v) is 5.41. The number of carbonyl (C=O) groups excluding carboxylic acids is 1. The van der Waals surface area contributed by atoms with Crippen LogP contribution >= 0.6 is 11.3 Å². The molecule has 1 N–H and O–H groups in total. The van der Waals surface area contributed by atoms with Gasteiger partial charge in [0.2, 0.25) is 5.91 Å². The molecule has 0 saturated carbocycles. The molecule has 2 fully saturated rings. The second-order valence-corrected chi connectivity index (χ2v) is 7.31. The van der Waals surface area contributed by atoms with Crippen LogP contribution in [0.25, 0.3) is 0 Å². The summed E-state index contributed by atoms with van der Waals surface area (Å²) < 4.78 is 37.6. The van der Waals surface area contributed by atoms with Crippen LogP contribution in [0.2, 0.25) is 0 Å². The van der Waals surface area contributed by atoms with Gasteiger partial charge in [-0.2, -0.15) is 24.5 Å². The molecule has 2 aliphatic rings. The van der Waals surface area contributed by atoms with E-state index >= 15 is 0 Å². The van der Waals surface area contributed by atoms with Gasteiger partial charge in [-0.05, 0) is 42.3 Å². The highest BCUT2D eigenvalue weighted by atomic mass is 32.1. The van der Waals surface area contributed by atoms with Crippen LogP contribution in [0.5, 0.6) is 0 Å². The van der Waals surface area contributed by atoms with Crippen molar-refractivity contribution >= 4 is 23.2 Å². The third-order valence-electron chi connectivity index (χ3n) is 4.68. The number of halogens is 3. The van der Waals surface area contributed by atoms with E-state index in [1.54, 1.807) is 11.3 Å². The van der Waals surface area contributed by atoms with Crippen LogP contribution in [0.1, 0.15) is 18.4 Å². The molecular weight excluding hydrogens is 385 g/mol. The molecule has 1 aromatic rings. The summed E-state index contributed by atoms with van der Waals surface area (Å²) in [6.45, 7) is 3.51. The number of fused-ring (bicyclic) bond motifs is 1. The molecule has 2 saturated heterocycles. The van der Waals surface area contributed by atoms with Crippen molar-refractivity contribution in [2.45, 2.75) is 37.6 Å². The standard InChI is InChI=1S/C15H22N2O2S.C2HF3O2/c1-16-7-8-19-14-3-6-17(5-2-13(14)16)15(18)10-12-4-9-20-11-12;3-2(4,5)1(6)7/h4,9,11,13-14H,2-3,5-8,10H2,1H3;(H,6,7)/t13-,14-;/m1./s1. The lowest BCUT2D eigenvalue weighted by Crippen LogP contribution is -2.49. The summed E-state index contributed by atoms with van der Waals surface area (Å²) in [4.78, 5) is 25.7. The number of carboxylic acid groups (broad SMARTS) is 1. The van der Waals surface area contributed by atoms with Gasteiger partial charge >= 0.3 is 12.1 Å². The zero-order valence-corrected chi connectivity index (χ0v) is 15.8. The van der Waals surface area contributed by atoms with Crippen molar-refractivity contribution in [2.75, 3.05) is 33.3 Å². The maximum absolute atomic E-state index is 12.4. The number of rotatable bonds is 2. The van der Waals surface area contributed by atoms with Gasteiger partial charge in [-0.25, -0.2) is 4.79 Å². The molecule has 2 atom stereocenters. The SMILES string of the molecule is CN1CCO[C@@H]2CCN(C(=O)Cc3ccsc3)CC[C@H]21.O=C(O)C(F)(F)F. The normalized spacial score (nSPS) is 23.6.